The van der Waals surface area contributed by atoms with Gasteiger partial charge in [-0.2, -0.15) is 0 Å². The zero-order valence-electron chi connectivity index (χ0n) is 13.0. The molecule has 0 radical (unpaired) electrons. The van der Waals surface area contributed by atoms with E-state index in [1.807, 2.05) is 0 Å². The zero-order valence-corrected chi connectivity index (χ0v) is 15.3. The van der Waals surface area contributed by atoms with Crippen molar-refractivity contribution in [1.82, 2.24) is 10.3 Å². The van der Waals surface area contributed by atoms with E-state index in [0.29, 0.717) is 15.5 Å². The SMILES string of the molecule is CC(C)(C)NCC(=Cc1sc(Cl)nc1Cl)C1CCCCC1. The van der Waals surface area contributed by atoms with E-state index in [2.05, 4.69) is 37.1 Å². The second-order valence-electron chi connectivity index (χ2n) is 6.78. The maximum Gasteiger partial charge on any atom is 0.185 e. The smallest absolute Gasteiger partial charge is 0.185 e. The summed E-state index contributed by atoms with van der Waals surface area (Å²) in [6.07, 6.45) is 8.79. The van der Waals surface area contributed by atoms with Gasteiger partial charge in [-0.3, -0.25) is 0 Å². The molecule has 0 aliphatic heterocycles. The summed E-state index contributed by atoms with van der Waals surface area (Å²) in [7, 11) is 0. The summed E-state index contributed by atoms with van der Waals surface area (Å²) in [4.78, 5) is 5.09. The second kappa shape index (κ2) is 7.45. The van der Waals surface area contributed by atoms with Gasteiger partial charge >= 0.3 is 0 Å². The molecule has 2 rings (SSSR count). The molecule has 1 aromatic rings. The van der Waals surface area contributed by atoms with E-state index < -0.39 is 0 Å². The number of thiazole rings is 1. The molecule has 2 nitrogen and oxygen atoms in total. The number of hydrogen-bond acceptors (Lipinski definition) is 3. The van der Waals surface area contributed by atoms with Crippen LogP contribution in [0.15, 0.2) is 5.57 Å². The molecule has 0 atom stereocenters. The largest absolute Gasteiger partial charge is 0.308 e. The molecule has 118 valence electrons. The van der Waals surface area contributed by atoms with E-state index in [0.717, 1.165) is 11.4 Å². The van der Waals surface area contributed by atoms with Gasteiger partial charge in [-0.1, -0.05) is 48.0 Å². The van der Waals surface area contributed by atoms with Crippen LogP contribution in [0, 0.1) is 5.92 Å². The van der Waals surface area contributed by atoms with E-state index >= 15 is 0 Å². The number of rotatable bonds is 4. The fourth-order valence-corrected chi connectivity index (χ4v) is 4.04. The Morgan fingerprint density at radius 2 is 1.95 bits per heavy atom. The zero-order chi connectivity index (χ0) is 15.5. The van der Waals surface area contributed by atoms with Gasteiger partial charge in [0.25, 0.3) is 0 Å². The molecule has 0 bridgehead atoms. The van der Waals surface area contributed by atoms with Gasteiger partial charge in [0, 0.05) is 12.1 Å². The number of aromatic nitrogens is 1. The van der Waals surface area contributed by atoms with E-state index in [9.17, 15) is 0 Å². The van der Waals surface area contributed by atoms with Crippen molar-refractivity contribution >= 4 is 40.6 Å². The van der Waals surface area contributed by atoms with Crippen molar-refractivity contribution in [3.05, 3.63) is 20.1 Å². The summed E-state index contributed by atoms with van der Waals surface area (Å²) in [6.45, 7) is 7.49. The van der Waals surface area contributed by atoms with Crippen LogP contribution in [0.4, 0.5) is 0 Å². The van der Waals surface area contributed by atoms with Crippen LogP contribution in [0.1, 0.15) is 57.8 Å². The van der Waals surface area contributed by atoms with Crippen molar-refractivity contribution in [2.75, 3.05) is 6.54 Å². The fraction of sp³-hybridized carbons (Fsp3) is 0.688. The highest BCUT2D eigenvalue weighted by atomic mass is 35.5. The Kier molecular flexibility index (Phi) is 6.13. The highest BCUT2D eigenvalue weighted by Gasteiger charge is 2.20. The van der Waals surface area contributed by atoms with E-state index in [1.54, 1.807) is 0 Å². The van der Waals surface area contributed by atoms with Crippen LogP contribution in [0.5, 0.6) is 0 Å². The van der Waals surface area contributed by atoms with Crippen molar-refractivity contribution < 1.29 is 0 Å². The molecule has 0 aromatic carbocycles. The topological polar surface area (TPSA) is 24.9 Å². The molecule has 0 saturated heterocycles. The lowest BCUT2D eigenvalue weighted by atomic mass is 9.83. The lowest BCUT2D eigenvalue weighted by molar-refractivity contribution is 0.378. The van der Waals surface area contributed by atoms with Gasteiger partial charge in [-0.25, -0.2) is 4.98 Å². The van der Waals surface area contributed by atoms with E-state index in [4.69, 9.17) is 23.2 Å². The van der Waals surface area contributed by atoms with Gasteiger partial charge < -0.3 is 5.32 Å². The molecule has 0 amide bonds. The average Bonchev–Trinajstić information content (AvgIpc) is 2.72. The Balaban J connectivity index is 2.19. The number of halogens is 2. The van der Waals surface area contributed by atoms with Gasteiger partial charge in [0.05, 0.1) is 4.88 Å². The van der Waals surface area contributed by atoms with Crippen molar-refractivity contribution in [1.29, 1.82) is 0 Å². The Hall–Kier alpha value is -0.0900. The normalized spacial score (nSPS) is 18.2. The van der Waals surface area contributed by atoms with Gasteiger partial charge in [0.15, 0.2) is 4.47 Å². The highest BCUT2D eigenvalue weighted by molar-refractivity contribution is 7.17. The van der Waals surface area contributed by atoms with Crippen molar-refractivity contribution in [3.63, 3.8) is 0 Å². The average molecular weight is 347 g/mol. The maximum atomic E-state index is 6.17. The third-order valence-corrected chi connectivity index (χ3v) is 5.36. The third kappa shape index (κ3) is 5.55. The van der Waals surface area contributed by atoms with Crippen molar-refractivity contribution in [2.45, 2.75) is 58.4 Å². The van der Waals surface area contributed by atoms with Crippen LogP contribution in [-0.4, -0.2) is 17.1 Å². The Morgan fingerprint density at radius 3 is 2.48 bits per heavy atom. The molecule has 0 unspecified atom stereocenters. The first kappa shape index (κ1) is 17.3. The van der Waals surface area contributed by atoms with Gasteiger partial charge in [0.1, 0.15) is 5.15 Å². The van der Waals surface area contributed by atoms with Crippen LogP contribution in [0.2, 0.25) is 9.62 Å². The summed E-state index contributed by atoms with van der Waals surface area (Å²) < 4.78 is 0.512. The van der Waals surface area contributed by atoms with Crippen LogP contribution < -0.4 is 5.32 Å². The van der Waals surface area contributed by atoms with Crippen LogP contribution >= 0.6 is 34.5 Å². The van der Waals surface area contributed by atoms with Crippen molar-refractivity contribution in [2.24, 2.45) is 5.92 Å². The van der Waals surface area contributed by atoms with Gasteiger partial charge in [-0.15, -0.1) is 11.3 Å². The summed E-state index contributed by atoms with van der Waals surface area (Å²) in [6, 6.07) is 0. The standard InChI is InChI=1S/C16H24Cl2N2S/c1-16(2,3)19-10-12(11-7-5-4-6-8-11)9-13-14(17)20-15(18)21-13/h9,11,19H,4-8,10H2,1-3H3. The predicted octanol–water partition coefficient (Wildman–Crippen LogP) is 5.80. The molecular formula is C16H24Cl2N2S. The molecule has 1 aliphatic rings. The molecule has 21 heavy (non-hydrogen) atoms. The highest BCUT2D eigenvalue weighted by Crippen LogP contribution is 2.34. The first-order valence-electron chi connectivity index (χ1n) is 7.62. The summed E-state index contributed by atoms with van der Waals surface area (Å²) in [5.41, 5.74) is 1.55. The van der Waals surface area contributed by atoms with Crippen molar-refractivity contribution in [3.8, 4) is 0 Å². The third-order valence-electron chi connectivity index (χ3n) is 3.85. The second-order valence-corrected chi connectivity index (χ2v) is 8.75. The number of nitrogens with one attached hydrogen (secondary N) is 1. The minimum Gasteiger partial charge on any atom is -0.308 e. The molecule has 1 aromatic heterocycles. The minimum atomic E-state index is 0.114. The Labute approximate surface area is 141 Å². The predicted molar refractivity (Wildman–Crippen MR) is 94.4 cm³/mol. The molecule has 5 heteroatoms. The summed E-state index contributed by atoms with van der Waals surface area (Å²) in [5.74, 6) is 0.658. The molecule has 1 fully saturated rings. The van der Waals surface area contributed by atoms with E-state index in [1.165, 1.54) is 49.0 Å². The molecule has 0 spiro atoms. The van der Waals surface area contributed by atoms with Crippen LogP contribution in [0.3, 0.4) is 0 Å². The van der Waals surface area contributed by atoms with Crippen LogP contribution in [0.25, 0.3) is 6.08 Å². The fourth-order valence-electron chi connectivity index (χ4n) is 2.70. The summed E-state index contributed by atoms with van der Waals surface area (Å²) in [5, 5.41) is 4.13. The molecule has 1 saturated carbocycles. The first-order chi connectivity index (χ1) is 9.85. The Morgan fingerprint density at radius 1 is 1.29 bits per heavy atom. The summed E-state index contributed by atoms with van der Waals surface area (Å²) >= 11 is 13.6. The van der Waals surface area contributed by atoms with Gasteiger partial charge in [-0.05, 0) is 45.6 Å². The first-order valence-corrected chi connectivity index (χ1v) is 9.20. The Bertz CT molecular complexity index is 497. The molecule has 1 heterocycles. The minimum absolute atomic E-state index is 0.114. The van der Waals surface area contributed by atoms with Gasteiger partial charge in [0.2, 0.25) is 0 Å². The number of nitrogens with zero attached hydrogens (tertiary/aromatic N) is 1. The maximum absolute atomic E-state index is 6.17. The molecule has 1 N–H and O–H groups in total. The monoisotopic (exact) mass is 346 g/mol. The van der Waals surface area contributed by atoms with Crippen LogP contribution in [-0.2, 0) is 0 Å². The molecular weight excluding hydrogens is 323 g/mol. The number of hydrogen-bond donors (Lipinski definition) is 1. The van der Waals surface area contributed by atoms with E-state index in [-0.39, 0.29) is 5.54 Å². The quantitative estimate of drug-likeness (QED) is 0.744. The lowest BCUT2D eigenvalue weighted by Gasteiger charge is -2.28. The lowest BCUT2D eigenvalue weighted by Crippen LogP contribution is -2.38. The molecule has 1 aliphatic carbocycles.